The maximum atomic E-state index is 5.97. The molecule has 3 aromatic rings. The van der Waals surface area contributed by atoms with Crippen molar-refractivity contribution in [2.75, 3.05) is 12.4 Å². The van der Waals surface area contributed by atoms with Gasteiger partial charge in [-0.05, 0) is 37.1 Å². The van der Waals surface area contributed by atoms with Crippen molar-refractivity contribution < 1.29 is 9.47 Å². The topological polar surface area (TPSA) is 49.2 Å². The van der Waals surface area contributed by atoms with Gasteiger partial charge in [0.1, 0.15) is 18.1 Å². The molecular weight excluding hydrogens is 346 g/mol. The average molecular weight is 369 g/mol. The molecule has 0 amide bonds. The van der Waals surface area contributed by atoms with E-state index in [1.54, 1.807) is 11.8 Å². The summed E-state index contributed by atoms with van der Waals surface area (Å²) >= 11 is 1.62. The van der Waals surface area contributed by atoms with E-state index in [0.29, 0.717) is 13.2 Å². The molecule has 0 atom stereocenters. The van der Waals surface area contributed by atoms with Gasteiger partial charge in [-0.2, -0.15) is 0 Å². The van der Waals surface area contributed by atoms with Gasteiger partial charge in [0.05, 0.1) is 6.61 Å². The molecule has 1 heterocycles. The lowest BCUT2D eigenvalue weighted by Crippen LogP contribution is -2.06. The van der Waals surface area contributed by atoms with Crippen molar-refractivity contribution in [2.45, 2.75) is 25.6 Å². The Morgan fingerprint density at radius 1 is 0.923 bits per heavy atom. The molecule has 3 rings (SSSR count). The molecule has 1 aromatic heterocycles. The van der Waals surface area contributed by atoms with Gasteiger partial charge in [-0.3, -0.25) is 0 Å². The molecule has 0 aliphatic rings. The van der Waals surface area contributed by atoms with E-state index in [0.717, 1.165) is 39.4 Å². The normalized spacial score (nSPS) is 10.7. The van der Waals surface area contributed by atoms with Crippen molar-refractivity contribution in [1.29, 1.82) is 0 Å². The van der Waals surface area contributed by atoms with Gasteiger partial charge in [0.15, 0.2) is 11.0 Å². The smallest absolute Gasteiger partial charge is 0.191 e. The summed E-state index contributed by atoms with van der Waals surface area (Å²) in [5.74, 6) is 3.41. The van der Waals surface area contributed by atoms with E-state index in [-0.39, 0.29) is 0 Å². The van der Waals surface area contributed by atoms with Crippen molar-refractivity contribution >= 4 is 11.8 Å². The van der Waals surface area contributed by atoms with E-state index >= 15 is 0 Å². The average Bonchev–Trinajstić information content (AvgIpc) is 2.99. The molecule has 0 spiro atoms. The summed E-state index contributed by atoms with van der Waals surface area (Å²) in [5, 5.41) is 9.37. The standard InChI is InChI=1S/C20H23N3O2S/c1-15-8-7-9-16(2)19(15)25-14-18-21-22-20(23(18)3)26-13-12-24-17-10-5-4-6-11-17/h4-11H,12-14H2,1-3H3. The van der Waals surface area contributed by atoms with Gasteiger partial charge in [-0.15, -0.1) is 10.2 Å². The van der Waals surface area contributed by atoms with Crippen LogP contribution in [0.3, 0.4) is 0 Å². The zero-order valence-corrected chi connectivity index (χ0v) is 16.1. The quantitative estimate of drug-likeness (QED) is 0.440. The third-order valence-electron chi connectivity index (χ3n) is 4.01. The van der Waals surface area contributed by atoms with Crippen LogP contribution in [0.4, 0.5) is 0 Å². The summed E-state index contributed by atoms with van der Waals surface area (Å²) < 4.78 is 13.7. The summed E-state index contributed by atoms with van der Waals surface area (Å²) in [5.41, 5.74) is 2.25. The van der Waals surface area contributed by atoms with E-state index in [1.807, 2.05) is 74.0 Å². The molecular formula is C20H23N3O2S. The fourth-order valence-corrected chi connectivity index (χ4v) is 3.32. The van der Waals surface area contributed by atoms with Gasteiger partial charge in [0, 0.05) is 12.8 Å². The van der Waals surface area contributed by atoms with Crippen LogP contribution >= 0.6 is 11.8 Å². The summed E-state index contributed by atoms with van der Waals surface area (Å²) in [6.07, 6.45) is 0. The van der Waals surface area contributed by atoms with Crippen molar-refractivity contribution in [3.63, 3.8) is 0 Å². The highest BCUT2D eigenvalue weighted by Crippen LogP contribution is 2.24. The minimum atomic E-state index is 0.399. The Balaban J connectivity index is 1.51. The van der Waals surface area contributed by atoms with Crippen LogP contribution in [-0.4, -0.2) is 27.1 Å². The molecule has 0 N–H and O–H groups in total. The van der Waals surface area contributed by atoms with Crippen LogP contribution < -0.4 is 9.47 Å². The lowest BCUT2D eigenvalue weighted by Gasteiger charge is -2.11. The van der Waals surface area contributed by atoms with Gasteiger partial charge < -0.3 is 14.0 Å². The Morgan fingerprint density at radius 3 is 2.38 bits per heavy atom. The van der Waals surface area contributed by atoms with Crippen LogP contribution in [0.5, 0.6) is 11.5 Å². The molecule has 6 heteroatoms. The predicted octanol–water partition coefficient (Wildman–Crippen LogP) is 4.18. The van der Waals surface area contributed by atoms with Crippen LogP contribution in [0.25, 0.3) is 0 Å². The zero-order chi connectivity index (χ0) is 18.4. The van der Waals surface area contributed by atoms with Gasteiger partial charge in [-0.1, -0.05) is 48.2 Å². The van der Waals surface area contributed by atoms with Crippen molar-refractivity contribution in [1.82, 2.24) is 14.8 Å². The summed E-state index contributed by atoms with van der Waals surface area (Å²) in [6, 6.07) is 15.9. The first kappa shape index (κ1) is 18.3. The van der Waals surface area contributed by atoms with E-state index in [2.05, 4.69) is 10.2 Å². The van der Waals surface area contributed by atoms with Gasteiger partial charge in [-0.25, -0.2) is 0 Å². The number of aryl methyl sites for hydroxylation is 2. The summed E-state index contributed by atoms with van der Waals surface area (Å²) in [4.78, 5) is 0. The molecule has 0 aliphatic carbocycles. The van der Waals surface area contributed by atoms with Gasteiger partial charge >= 0.3 is 0 Å². The fourth-order valence-electron chi connectivity index (χ4n) is 2.57. The molecule has 0 saturated carbocycles. The molecule has 0 aliphatic heterocycles. The molecule has 2 aromatic carbocycles. The minimum absolute atomic E-state index is 0.399. The number of hydrogen-bond acceptors (Lipinski definition) is 5. The number of aromatic nitrogens is 3. The lowest BCUT2D eigenvalue weighted by atomic mass is 10.1. The second-order valence-corrected chi connectivity index (χ2v) is 7.04. The Labute approximate surface area is 158 Å². The van der Waals surface area contributed by atoms with Crippen molar-refractivity contribution in [2.24, 2.45) is 7.05 Å². The molecule has 5 nitrogen and oxygen atoms in total. The largest absolute Gasteiger partial charge is 0.493 e. The fraction of sp³-hybridized carbons (Fsp3) is 0.300. The van der Waals surface area contributed by atoms with E-state index in [9.17, 15) is 0 Å². The highest BCUT2D eigenvalue weighted by Gasteiger charge is 2.11. The van der Waals surface area contributed by atoms with Crippen LogP contribution in [0.1, 0.15) is 17.0 Å². The van der Waals surface area contributed by atoms with Gasteiger partial charge in [0.25, 0.3) is 0 Å². The zero-order valence-electron chi connectivity index (χ0n) is 15.3. The maximum absolute atomic E-state index is 5.97. The molecule has 136 valence electrons. The Morgan fingerprint density at radius 2 is 1.65 bits per heavy atom. The maximum Gasteiger partial charge on any atom is 0.191 e. The second-order valence-electron chi connectivity index (χ2n) is 5.98. The third-order valence-corrected chi connectivity index (χ3v) is 4.99. The number of benzene rings is 2. The first-order valence-corrected chi connectivity index (χ1v) is 9.51. The second kappa shape index (κ2) is 8.76. The number of rotatable bonds is 8. The van der Waals surface area contributed by atoms with Crippen LogP contribution in [0.15, 0.2) is 53.7 Å². The minimum Gasteiger partial charge on any atom is -0.493 e. The SMILES string of the molecule is Cc1cccc(C)c1OCc1nnc(SCCOc2ccccc2)n1C. The first-order valence-electron chi connectivity index (χ1n) is 8.53. The third kappa shape index (κ3) is 4.58. The number of nitrogens with zero attached hydrogens (tertiary/aromatic N) is 3. The number of para-hydroxylation sites is 2. The molecule has 0 unspecified atom stereocenters. The monoisotopic (exact) mass is 369 g/mol. The van der Waals surface area contributed by atoms with Crippen molar-refractivity contribution in [3.8, 4) is 11.5 Å². The number of ether oxygens (including phenoxy) is 2. The Bertz CT molecular complexity index is 829. The molecule has 0 saturated heterocycles. The Hall–Kier alpha value is -2.47. The predicted molar refractivity (Wildman–Crippen MR) is 104 cm³/mol. The van der Waals surface area contributed by atoms with Crippen LogP contribution in [0, 0.1) is 13.8 Å². The van der Waals surface area contributed by atoms with Crippen LogP contribution in [-0.2, 0) is 13.7 Å². The van der Waals surface area contributed by atoms with E-state index in [4.69, 9.17) is 9.47 Å². The summed E-state index contributed by atoms with van der Waals surface area (Å²) in [7, 11) is 1.96. The Kier molecular flexibility index (Phi) is 6.17. The van der Waals surface area contributed by atoms with Crippen LogP contribution in [0.2, 0.25) is 0 Å². The van der Waals surface area contributed by atoms with E-state index < -0.39 is 0 Å². The lowest BCUT2D eigenvalue weighted by molar-refractivity contribution is 0.286. The molecule has 26 heavy (non-hydrogen) atoms. The van der Waals surface area contributed by atoms with Crippen molar-refractivity contribution in [3.05, 3.63) is 65.5 Å². The first-order chi connectivity index (χ1) is 12.6. The number of hydrogen-bond donors (Lipinski definition) is 0. The highest BCUT2D eigenvalue weighted by atomic mass is 32.2. The molecule has 0 bridgehead atoms. The molecule has 0 radical (unpaired) electrons. The molecule has 0 fully saturated rings. The van der Waals surface area contributed by atoms with E-state index in [1.165, 1.54) is 0 Å². The number of thioether (sulfide) groups is 1. The van der Waals surface area contributed by atoms with Gasteiger partial charge in [0.2, 0.25) is 0 Å². The summed E-state index contributed by atoms with van der Waals surface area (Å²) in [6.45, 7) is 5.12. The highest BCUT2D eigenvalue weighted by molar-refractivity contribution is 7.99.